The Hall–Kier alpha value is -0.0400. The molecule has 3 aliphatic carbocycles. The van der Waals surface area contributed by atoms with Gasteiger partial charge < -0.3 is 5.73 Å². The second kappa shape index (κ2) is 0.968. The van der Waals surface area contributed by atoms with E-state index < -0.39 is 0 Å². The lowest BCUT2D eigenvalue weighted by Gasteiger charge is -2.14. The van der Waals surface area contributed by atoms with Gasteiger partial charge in [0.1, 0.15) is 0 Å². The Morgan fingerprint density at radius 1 is 1.33 bits per heavy atom. The standard InChI is InChI=1S/C8H13N/c1-4-5-2-8(5)3-6(8)7(4)9/h4-7H,2-3,9H2,1H3. The molecular weight excluding hydrogens is 110 g/mol. The molecule has 3 rings (SSSR count). The van der Waals surface area contributed by atoms with Crippen LogP contribution < -0.4 is 5.73 Å². The summed E-state index contributed by atoms with van der Waals surface area (Å²) in [5.41, 5.74) is 6.83. The number of hydrogen-bond donors (Lipinski definition) is 1. The van der Waals surface area contributed by atoms with Crippen molar-refractivity contribution in [3.05, 3.63) is 0 Å². The van der Waals surface area contributed by atoms with E-state index in [1.54, 1.807) is 0 Å². The summed E-state index contributed by atoms with van der Waals surface area (Å²) < 4.78 is 0. The Bertz CT molecular complexity index is 151. The van der Waals surface area contributed by atoms with E-state index in [4.69, 9.17) is 5.73 Å². The van der Waals surface area contributed by atoms with Gasteiger partial charge in [0.2, 0.25) is 0 Å². The van der Waals surface area contributed by atoms with E-state index in [1.165, 1.54) is 12.8 Å². The zero-order valence-electron chi connectivity index (χ0n) is 5.80. The van der Waals surface area contributed by atoms with Crippen LogP contribution in [0, 0.1) is 23.2 Å². The molecule has 3 saturated carbocycles. The highest BCUT2D eigenvalue weighted by Gasteiger charge is 2.78. The van der Waals surface area contributed by atoms with Crippen LogP contribution in [-0.2, 0) is 0 Å². The maximum absolute atomic E-state index is 5.98. The molecule has 0 aromatic rings. The van der Waals surface area contributed by atoms with Gasteiger partial charge in [-0.2, -0.15) is 0 Å². The molecule has 0 saturated heterocycles. The predicted molar refractivity (Wildman–Crippen MR) is 35.8 cm³/mol. The second-order valence-electron chi connectivity index (χ2n) is 4.29. The maximum atomic E-state index is 5.98. The molecule has 0 aliphatic heterocycles. The second-order valence-corrected chi connectivity index (χ2v) is 4.29. The Balaban J connectivity index is 2.00. The summed E-state index contributed by atoms with van der Waals surface area (Å²) in [6.07, 6.45) is 3.00. The summed E-state index contributed by atoms with van der Waals surface area (Å²) in [5.74, 6) is 2.86. The predicted octanol–water partition coefficient (Wildman–Crippen LogP) is 0.990. The van der Waals surface area contributed by atoms with E-state index in [0.717, 1.165) is 23.2 Å². The van der Waals surface area contributed by atoms with E-state index in [-0.39, 0.29) is 0 Å². The van der Waals surface area contributed by atoms with E-state index in [2.05, 4.69) is 6.92 Å². The molecule has 0 aromatic heterocycles. The number of nitrogens with two attached hydrogens (primary N) is 1. The third-order valence-electron chi connectivity index (χ3n) is 4.06. The highest BCUT2D eigenvalue weighted by atomic mass is 14.9. The summed E-state index contributed by atoms with van der Waals surface area (Å²) in [7, 11) is 0. The molecule has 3 aliphatic rings. The summed E-state index contributed by atoms with van der Waals surface area (Å²) in [6.45, 7) is 2.33. The fourth-order valence-corrected chi connectivity index (χ4v) is 3.23. The van der Waals surface area contributed by atoms with E-state index in [0.29, 0.717) is 6.04 Å². The van der Waals surface area contributed by atoms with Crippen LogP contribution in [0.15, 0.2) is 0 Å². The Labute approximate surface area is 55.6 Å². The van der Waals surface area contributed by atoms with Gasteiger partial charge in [-0.1, -0.05) is 6.92 Å². The van der Waals surface area contributed by atoms with Gasteiger partial charge in [-0.15, -0.1) is 0 Å². The fraction of sp³-hybridized carbons (Fsp3) is 1.00. The van der Waals surface area contributed by atoms with Gasteiger partial charge in [0.15, 0.2) is 0 Å². The lowest BCUT2D eigenvalue weighted by atomic mass is 9.98. The Kier molecular flexibility index (Phi) is 0.508. The lowest BCUT2D eigenvalue weighted by Crippen LogP contribution is -2.28. The van der Waals surface area contributed by atoms with Crippen LogP contribution in [0.2, 0.25) is 0 Å². The van der Waals surface area contributed by atoms with Crippen molar-refractivity contribution in [1.29, 1.82) is 0 Å². The quantitative estimate of drug-likeness (QED) is 0.510. The van der Waals surface area contributed by atoms with Gasteiger partial charge in [-0.05, 0) is 36.0 Å². The molecule has 1 spiro atoms. The summed E-state index contributed by atoms with van der Waals surface area (Å²) >= 11 is 0. The Morgan fingerprint density at radius 2 is 2.00 bits per heavy atom. The van der Waals surface area contributed by atoms with Crippen LogP contribution in [0.3, 0.4) is 0 Å². The molecule has 0 bridgehead atoms. The van der Waals surface area contributed by atoms with Crippen LogP contribution >= 0.6 is 0 Å². The average molecular weight is 123 g/mol. The average Bonchev–Trinajstić information content (AvgIpc) is 2.66. The first kappa shape index (κ1) is 4.73. The van der Waals surface area contributed by atoms with Gasteiger partial charge in [0.25, 0.3) is 0 Å². The molecule has 2 N–H and O–H groups in total. The summed E-state index contributed by atoms with van der Waals surface area (Å²) in [6, 6.07) is 0.573. The van der Waals surface area contributed by atoms with Gasteiger partial charge in [-0.25, -0.2) is 0 Å². The zero-order valence-corrected chi connectivity index (χ0v) is 5.80. The van der Waals surface area contributed by atoms with Crippen molar-refractivity contribution in [1.82, 2.24) is 0 Å². The van der Waals surface area contributed by atoms with Gasteiger partial charge in [0, 0.05) is 6.04 Å². The monoisotopic (exact) mass is 123 g/mol. The first-order valence-corrected chi connectivity index (χ1v) is 4.01. The van der Waals surface area contributed by atoms with Crippen LogP contribution in [-0.4, -0.2) is 6.04 Å². The minimum atomic E-state index is 0.573. The third-order valence-corrected chi connectivity index (χ3v) is 4.06. The molecule has 0 heterocycles. The number of hydrogen-bond acceptors (Lipinski definition) is 1. The van der Waals surface area contributed by atoms with Crippen molar-refractivity contribution in [3.63, 3.8) is 0 Å². The van der Waals surface area contributed by atoms with Crippen LogP contribution in [0.4, 0.5) is 0 Å². The van der Waals surface area contributed by atoms with Crippen molar-refractivity contribution < 1.29 is 0 Å². The molecule has 0 amide bonds. The third kappa shape index (κ3) is 0.315. The van der Waals surface area contributed by atoms with E-state index in [9.17, 15) is 0 Å². The first-order valence-electron chi connectivity index (χ1n) is 4.01. The molecule has 0 aromatic carbocycles. The van der Waals surface area contributed by atoms with Crippen molar-refractivity contribution >= 4 is 0 Å². The van der Waals surface area contributed by atoms with Crippen LogP contribution in [0.25, 0.3) is 0 Å². The molecule has 50 valence electrons. The topological polar surface area (TPSA) is 26.0 Å². The normalized spacial score (nSPS) is 75.3. The maximum Gasteiger partial charge on any atom is 0.0101 e. The van der Waals surface area contributed by atoms with Crippen LogP contribution in [0.5, 0.6) is 0 Å². The minimum absolute atomic E-state index is 0.573. The number of rotatable bonds is 0. The van der Waals surface area contributed by atoms with Crippen LogP contribution in [0.1, 0.15) is 19.8 Å². The largest absolute Gasteiger partial charge is 0.327 e. The van der Waals surface area contributed by atoms with Gasteiger partial charge in [0.05, 0.1) is 0 Å². The smallest absolute Gasteiger partial charge is 0.0101 e. The van der Waals surface area contributed by atoms with Crippen molar-refractivity contribution in [2.75, 3.05) is 0 Å². The molecule has 5 atom stereocenters. The highest BCUT2D eigenvalue weighted by Crippen LogP contribution is 2.82. The molecule has 1 nitrogen and oxygen atoms in total. The highest BCUT2D eigenvalue weighted by molar-refractivity contribution is 5.28. The van der Waals surface area contributed by atoms with E-state index in [1.807, 2.05) is 0 Å². The molecule has 0 radical (unpaired) electrons. The molecule has 3 fully saturated rings. The zero-order chi connectivity index (χ0) is 6.22. The van der Waals surface area contributed by atoms with Crippen molar-refractivity contribution in [2.45, 2.75) is 25.8 Å². The molecule has 1 heteroatoms. The van der Waals surface area contributed by atoms with Gasteiger partial charge >= 0.3 is 0 Å². The first-order chi connectivity index (χ1) is 4.26. The fourth-order valence-electron chi connectivity index (χ4n) is 3.23. The molecule has 5 unspecified atom stereocenters. The molecular formula is C8H13N. The summed E-state index contributed by atoms with van der Waals surface area (Å²) in [5, 5.41) is 0. The van der Waals surface area contributed by atoms with E-state index >= 15 is 0 Å². The SMILES string of the molecule is CC1C(N)C2CC23CC13. The van der Waals surface area contributed by atoms with Gasteiger partial charge in [-0.3, -0.25) is 0 Å². The molecule has 9 heavy (non-hydrogen) atoms. The van der Waals surface area contributed by atoms with Crippen molar-refractivity contribution in [3.8, 4) is 0 Å². The lowest BCUT2D eigenvalue weighted by molar-refractivity contribution is 0.415. The Morgan fingerprint density at radius 3 is 2.33 bits per heavy atom. The summed E-state index contributed by atoms with van der Waals surface area (Å²) in [4.78, 5) is 0. The van der Waals surface area contributed by atoms with Crippen molar-refractivity contribution in [2.24, 2.45) is 28.9 Å². The minimum Gasteiger partial charge on any atom is -0.327 e.